The summed E-state index contributed by atoms with van der Waals surface area (Å²) in [5, 5.41) is 10.0. The second kappa shape index (κ2) is 8.64. The molecule has 0 radical (unpaired) electrons. The summed E-state index contributed by atoms with van der Waals surface area (Å²) in [6.45, 7) is -1.83. The van der Waals surface area contributed by atoms with Crippen molar-refractivity contribution in [2.24, 2.45) is 0 Å². The van der Waals surface area contributed by atoms with Crippen molar-refractivity contribution in [2.45, 2.75) is 11.1 Å². The number of alkyl halides is 3. The third-order valence-electron chi connectivity index (χ3n) is 3.69. The Kier molecular flexibility index (Phi) is 6.33. The largest absolute Gasteiger partial charge is 0.402 e. The maximum absolute atomic E-state index is 14.1. The van der Waals surface area contributed by atoms with Crippen molar-refractivity contribution in [1.82, 2.24) is 14.9 Å². The second-order valence-electron chi connectivity index (χ2n) is 5.95. The lowest BCUT2D eigenvalue weighted by Crippen LogP contribution is -2.33. The minimum atomic E-state index is -4.80. The van der Waals surface area contributed by atoms with Gasteiger partial charge in [0.25, 0.3) is 5.91 Å². The minimum Gasteiger partial charge on any atom is -0.296 e. The van der Waals surface area contributed by atoms with Gasteiger partial charge in [0.1, 0.15) is 23.2 Å². The Morgan fingerprint density at radius 3 is 2.35 bits per heavy atom. The number of anilines is 1. The number of nitrogens with one attached hydrogen (secondary N) is 2. The third-order valence-corrected chi connectivity index (χ3v) is 5.98. The molecule has 3 rings (SSSR count). The van der Waals surface area contributed by atoms with Crippen LogP contribution in [0.4, 0.5) is 27.1 Å². The van der Waals surface area contributed by atoms with E-state index in [0.29, 0.717) is 22.7 Å². The molecule has 0 fully saturated rings. The number of hydrogen-bond acceptors (Lipinski definition) is 6. The molecule has 3 aromatic rings. The number of benzene rings is 2. The standard InChI is InChI=1S/C17H11F5N4O3S2/c18-10-3-1-9(2-4-10)15-25-26-16(30-15)24-14(27)12-7-11(5-6-13(12)19)31(28,29)23-8-17(20,21)22/h1-7,23H,8H2,(H,24,26,27). The molecule has 1 amide bonds. The van der Waals surface area contributed by atoms with E-state index in [1.165, 1.54) is 29.0 Å². The second-order valence-corrected chi connectivity index (χ2v) is 8.70. The first kappa shape index (κ1) is 22.7. The van der Waals surface area contributed by atoms with Gasteiger partial charge in [-0.3, -0.25) is 10.1 Å². The first-order valence-corrected chi connectivity index (χ1v) is 10.5. The minimum absolute atomic E-state index is 0.0628. The van der Waals surface area contributed by atoms with Crippen LogP contribution in [0, 0.1) is 11.6 Å². The molecule has 0 bridgehead atoms. The maximum Gasteiger partial charge on any atom is 0.402 e. The van der Waals surface area contributed by atoms with E-state index in [1.54, 1.807) is 0 Å². The highest BCUT2D eigenvalue weighted by molar-refractivity contribution is 7.89. The predicted molar refractivity (Wildman–Crippen MR) is 101 cm³/mol. The van der Waals surface area contributed by atoms with Crippen LogP contribution in [-0.4, -0.2) is 37.2 Å². The SMILES string of the molecule is O=C(Nc1nnc(-c2ccc(F)cc2)s1)c1cc(S(=O)(=O)NCC(F)(F)F)ccc1F. The number of hydrogen-bond donors (Lipinski definition) is 2. The monoisotopic (exact) mass is 478 g/mol. The average Bonchev–Trinajstić information content (AvgIpc) is 3.15. The zero-order valence-corrected chi connectivity index (χ0v) is 16.7. The molecule has 0 aliphatic rings. The highest BCUT2D eigenvalue weighted by Gasteiger charge is 2.30. The van der Waals surface area contributed by atoms with Gasteiger partial charge in [-0.05, 0) is 42.5 Å². The Labute approximate surface area is 176 Å². The number of sulfonamides is 1. The molecule has 0 aliphatic heterocycles. The lowest BCUT2D eigenvalue weighted by Gasteiger charge is -2.10. The van der Waals surface area contributed by atoms with Gasteiger partial charge in [-0.25, -0.2) is 21.9 Å². The first-order chi connectivity index (χ1) is 14.4. The summed E-state index contributed by atoms with van der Waals surface area (Å²) in [7, 11) is -4.65. The van der Waals surface area contributed by atoms with Gasteiger partial charge in [0.15, 0.2) is 0 Å². The number of aromatic nitrogens is 2. The zero-order valence-electron chi connectivity index (χ0n) is 15.1. The number of rotatable bonds is 6. The predicted octanol–water partition coefficient (Wildman–Crippen LogP) is 3.58. The molecular formula is C17H11F5N4O3S2. The van der Waals surface area contributed by atoms with E-state index < -0.39 is 50.7 Å². The van der Waals surface area contributed by atoms with Gasteiger partial charge in [-0.15, -0.1) is 10.2 Å². The number of nitrogens with zero attached hydrogens (tertiary/aromatic N) is 2. The summed E-state index contributed by atoms with van der Waals surface area (Å²) in [6, 6.07) is 7.23. The Balaban J connectivity index is 1.79. The third kappa shape index (κ3) is 5.80. The summed E-state index contributed by atoms with van der Waals surface area (Å²) in [6.07, 6.45) is -4.80. The van der Waals surface area contributed by atoms with Crippen molar-refractivity contribution < 1.29 is 35.2 Å². The molecule has 0 saturated heterocycles. The molecule has 14 heteroatoms. The Hall–Kier alpha value is -2.97. The van der Waals surface area contributed by atoms with Crippen molar-refractivity contribution in [1.29, 1.82) is 0 Å². The molecule has 1 aromatic heterocycles. The van der Waals surface area contributed by atoms with Crippen LogP contribution in [0.3, 0.4) is 0 Å². The summed E-state index contributed by atoms with van der Waals surface area (Å²) >= 11 is 0.887. The average molecular weight is 478 g/mol. The molecule has 164 valence electrons. The van der Waals surface area contributed by atoms with Gasteiger partial charge in [-0.2, -0.15) is 13.2 Å². The highest BCUT2D eigenvalue weighted by Crippen LogP contribution is 2.27. The van der Waals surface area contributed by atoms with Gasteiger partial charge in [0.2, 0.25) is 15.2 Å². The van der Waals surface area contributed by atoms with Crippen LogP contribution in [0.1, 0.15) is 10.4 Å². The number of carbonyl (C=O) groups excluding carboxylic acids is 1. The summed E-state index contributed by atoms with van der Waals surface area (Å²) in [4.78, 5) is 11.6. The molecule has 0 atom stereocenters. The van der Waals surface area contributed by atoms with E-state index >= 15 is 0 Å². The van der Waals surface area contributed by atoms with E-state index in [4.69, 9.17) is 0 Å². The topological polar surface area (TPSA) is 101 Å². The van der Waals surface area contributed by atoms with E-state index in [0.717, 1.165) is 17.4 Å². The van der Waals surface area contributed by atoms with Crippen LogP contribution in [0.5, 0.6) is 0 Å². The Morgan fingerprint density at radius 1 is 1.03 bits per heavy atom. The fraction of sp³-hybridized carbons (Fsp3) is 0.118. The number of halogens is 5. The summed E-state index contributed by atoms with van der Waals surface area (Å²) < 4.78 is 89.2. The molecule has 7 nitrogen and oxygen atoms in total. The van der Waals surface area contributed by atoms with E-state index in [9.17, 15) is 35.2 Å². The highest BCUT2D eigenvalue weighted by atomic mass is 32.2. The van der Waals surface area contributed by atoms with Crippen LogP contribution in [0.25, 0.3) is 10.6 Å². The molecule has 0 spiro atoms. The maximum atomic E-state index is 14.1. The Morgan fingerprint density at radius 2 is 1.71 bits per heavy atom. The van der Waals surface area contributed by atoms with Crippen molar-refractivity contribution in [3.8, 4) is 10.6 Å². The first-order valence-electron chi connectivity index (χ1n) is 8.21. The summed E-state index contributed by atoms with van der Waals surface area (Å²) in [5.74, 6) is -2.65. The normalized spacial score (nSPS) is 12.0. The fourth-order valence-electron chi connectivity index (χ4n) is 2.25. The van der Waals surface area contributed by atoms with E-state index in [2.05, 4.69) is 15.5 Å². The van der Waals surface area contributed by atoms with Crippen LogP contribution < -0.4 is 10.0 Å². The van der Waals surface area contributed by atoms with Crippen LogP contribution >= 0.6 is 11.3 Å². The molecule has 0 aliphatic carbocycles. The Bertz CT molecular complexity index is 1210. The molecule has 31 heavy (non-hydrogen) atoms. The number of amides is 1. The molecule has 1 heterocycles. The van der Waals surface area contributed by atoms with Crippen LogP contribution in [-0.2, 0) is 10.0 Å². The zero-order chi connectivity index (χ0) is 22.8. The quantitative estimate of drug-likeness (QED) is 0.528. The molecule has 0 unspecified atom stereocenters. The van der Waals surface area contributed by atoms with Crippen molar-refractivity contribution in [3.63, 3.8) is 0 Å². The van der Waals surface area contributed by atoms with Gasteiger partial charge in [0.05, 0.1) is 10.5 Å². The van der Waals surface area contributed by atoms with Crippen LogP contribution in [0.15, 0.2) is 47.4 Å². The summed E-state index contributed by atoms with van der Waals surface area (Å²) in [5.41, 5.74) is -0.220. The molecule has 2 aromatic carbocycles. The fourth-order valence-corrected chi connectivity index (χ4v) is 4.04. The van der Waals surface area contributed by atoms with E-state index in [-0.39, 0.29) is 5.13 Å². The lowest BCUT2D eigenvalue weighted by atomic mass is 10.2. The number of carbonyl (C=O) groups is 1. The van der Waals surface area contributed by atoms with Gasteiger partial charge >= 0.3 is 6.18 Å². The molecular weight excluding hydrogens is 467 g/mol. The van der Waals surface area contributed by atoms with Gasteiger partial charge in [-0.1, -0.05) is 11.3 Å². The van der Waals surface area contributed by atoms with E-state index in [1.807, 2.05) is 0 Å². The molecule has 2 N–H and O–H groups in total. The van der Waals surface area contributed by atoms with Crippen molar-refractivity contribution in [2.75, 3.05) is 11.9 Å². The van der Waals surface area contributed by atoms with Gasteiger partial charge in [0, 0.05) is 5.56 Å². The lowest BCUT2D eigenvalue weighted by molar-refractivity contribution is -0.121. The molecule has 0 saturated carbocycles. The van der Waals surface area contributed by atoms with Gasteiger partial charge < -0.3 is 0 Å². The van der Waals surface area contributed by atoms with Crippen molar-refractivity contribution >= 4 is 32.4 Å². The van der Waals surface area contributed by atoms with Crippen LogP contribution in [0.2, 0.25) is 0 Å². The van der Waals surface area contributed by atoms with Crippen molar-refractivity contribution in [3.05, 3.63) is 59.7 Å². The smallest absolute Gasteiger partial charge is 0.296 e.